The smallest absolute Gasteiger partial charge is 0.269 e. The molecule has 1 heterocycles. The van der Waals surface area contributed by atoms with Gasteiger partial charge in [0.2, 0.25) is 5.78 Å². The van der Waals surface area contributed by atoms with E-state index in [0.29, 0.717) is 23.7 Å². The lowest BCUT2D eigenvalue weighted by atomic mass is 10.1. The van der Waals surface area contributed by atoms with E-state index >= 15 is 0 Å². The number of carbonyl (C=O) groups excluding carboxylic acids is 1. The van der Waals surface area contributed by atoms with Gasteiger partial charge < -0.3 is 9.47 Å². The van der Waals surface area contributed by atoms with Gasteiger partial charge in [0.05, 0.1) is 12.0 Å². The first-order chi connectivity index (χ1) is 14.5. The Labute approximate surface area is 173 Å². The molecule has 8 nitrogen and oxygen atoms in total. The van der Waals surface area contributed by atoms with Gasteiger partial charge in [-0.3, -0.25) is 19.6 Å². The molecule has 154 valence electrons. The quantitative estimate of drug-likeness (QED) is 0.227. The van der Waals surface area contributed by atoms with Gasteiger partial charge in [-0.1, -0.05) is 12.1 Å². The first kappa shape index (κ1) is 20.8. The molecule has 8 heteroatoms. The normalized spacial score (nSPS) is 10.9. The molecule has 0 spiro atoms. The van der Waals surface area contributed by atoms with Crippen molar-refractivity contribution in [2.45, 2.75) is 20.1 Å². The minimum Gasteiger partial charge on any atom is -0.496 e. The van der Waals surface area contributed by atoms with Crippen LogP contribution in [0.1, 0.15) is 28.5 Å². The van der Waals surface area contributed by atoms with Crippen LogP contribution in [0.2, 0.25) is 0 Å². The summed E-state index contributed by atoms with van der Waals surface area (Å²) in [5, 5.41) is 14.9. The highest BCUT2D eigenvalue weighted by Crippen LogP contribution is 2.24. The van der Waals surface area contributed by atoms with E-state index in [9.17, 15) is 14.9 Å². The van der Waals surface area contributed by atoms with Crippen LogP contribution in [-0.2, 0) is 13.2 Å². The van der Waals surface area contributed by atoms with Crippen LogP contribution in [-0.4, -0.2) is 27.6 Å². The number of rotatable bonds is 9. The molecule has 0 radical (unpaired) electrons. The fraction of sp³-hybridized carbons (Fsp3) is 0.182. The molecular weight excluding hydrogens is 386 g/mol. The van der Waals surface area contributed by atoms with Gasteiger partial charge in [0.25, 0.3) is 5.69 Å². The van der Waals surface area contributed by atoms with Gasteiger partial charge >= 0.3 is 0 Å². The van der Waals surface area contributed by atoms with Crippen LogP contribution < -0.4 is 9.47 Å². The Hall–Kier alpha value is -3.94. The number of nitro groups is 1. The first-order valence-electron chi connectivity index (χ1n) is 9.30. The van der Waals surface area contributed by atoms with Crippen LogP contribution in [0.5, 0.6) is 11.5 Å². The highest BCUT2D eigenvalue weighted by molar-refractivity contribution is 6.05. The molecule has 3 aromatic rings. The van der Waals surface area contributed by atoms with Gasteiger partial charge in [-0.2, -0.15) is 5.10 Å². The fourth-order valence-corrected chi connectivity index (χ4v) is 2.89. The number of aromatic nitrogens is 2. The van der Waals surface area contributed by atoms with Crippen LogP contribution in [0.25, 0.3) is 6.08 Å². The average Bonchev–Trinajstić information content (AvgIpc) is 3.25. The van der Waals surface area contributed by atoms with Crippen LogP contribution in [0.3, 0.4) is 0 Å². The number of non-ortho nitro benzene ring substituents is 1. The van der Waals surface area contributed by atoms with Crippen LogP contribution >= 0.6 is 0 Å². The monoisotopic (exact) mass is 407 g/mol. The van der Waals surface area contributed by atoms with E-state index in [4.69, 9.17) is 9.47 Å². The van der Waals surface area contributed by atoms with Crippen molar-refractivity contribution in [1.82, 2.24) is 9.78 Å². The number of nitro benzene ring substituents is 1. The zero-order valence-corrected chi connectivity index (χ0v) is 16.6. The molecule has 2 aromatic carbocycles. The minimum atomic E-state index is -0.461. The van der Waals surface area contributed by atoms with Crippen LogP contribution in [0.4, 0.5) is 5.69 Å². The van der Waals surface area contributed by atoms with Crippen molar-refractivity contribution in [3.05, 3.63) is 87.7 Å². The molecule has 0 unspecified atom stereocenters. The standard InChI is InChI=1S/C22H21N3O5/c1-3-24-20(12-13-23-24)21(26)10-4-16-5-11-22(29-2)17(14-16)15-30-19-8-6-18(7-9-19)25(27)28/h4-14H,3,15H2,1-2H3/b10-4+. The highest BCUT2D eigenvalue weighted by atomic mass is 16.6. The van der Waals surface area contributed by atoms with Crippen LogP contribution in [0, 0.1) is 10.1 Å². The zero-order chi connectivity index (χ0) is 21.5. The van der Waals surface area contributed by atoms with Crippen molar-refractivity contribution >= 4 is 17.5 Å². The van der Waals surface area contributed by atoms with Gasteiger partial charge in [-0.15, -0.1) is 0 Å². The lowest BCUT2D eigenvalue weighted by molar-refractivity contribution is -0.384. The van der Waals surface area contributed by atoms with Gasteiger partial charge in [-0.25, -0.2) is 0 Å². The van der Waals surface area contributed by atoms with Crippen molar-refractivity contribution in [2.24, 2.45) is 0 Å². The lowest BCUT2D eigenvalue weighted by Crippen LogP contribution is -2.07. The van der Waals surface area contributed by atoms with Crippen molar-refractivity contribution in [2.75, 3.05) is 7.11 Å². The van der Waals surface area contributed by atoms with Gasteiger partial charge in [0.1, 0.15) is 23.8 Å². The summed E-state index contributed by atoms with van der Waals surface area (Å²) in [7, 11) is 1.57. The highest BCUT2D eigenvalue weighted by Gasteiger charge is 2.09. The predicted molar refractivity (Wildman–Crippen MR) is 112 cm³/mol. The van der Waals surface area contributed by atoms with E-state index in [1.807, 2.05) is 19.1 Å². The van der Waals surface area contributed by atoms with Crippen LogP contribution in [0.15, 0.2) is 60.8 Å². The second-order valence-corrected chi connectivity index (χ2v) is 6.34. The van der Waals surface area contributed by atoms with E-state index in [1.54, 1.807) is 48.3 Å². The SMILES string of the molecule is CCn1nccc1C(=O)/C=C/c1ccc(OC)c(COc2ccc([N+](=O)[O-])cc2)c1. The van der Waals surface area contributed by atoms with E-state index in [2.05, 4.69) is 5.10 Å². The molecule has 0 fully saturated rings. The minimum absolute atomic E-state index is 0.00106. The summed E-state index contributed by atoms with van der Waals surface area (Å²) in [5.41, 5.74) is 2.13. The third-order valence-electron chi connectivity index (χ3n) is 4.44. The summed E-state index contributed by atoms with van der Waals surface area (Å²) in [5.74, 6) is 1.02. The van der Waals surface area contributed by atoms with Crippen molar-refractivity contribution in [3.8, 4) is 11.5 Å². The molecule has 0 aliphatic heterocycles. The molecule has 0 amide bonds. The number of methoxy groups -OCH3 is 1. The second kappa shape index (κ2) is 9.51. The van der Waals surface area contributed by atoms with E-state index in [-0.39, 0.29) is 18.1 Å². The van der Waals surface area contributed by atoms with Crippen molar-refractivity contribution in [1.29, 1.82) is 0 Å². The third-order valence-corrected chi connectivity index (χ3v) is 4.44. The number of hydrogen-bond donors (Lipinski definition) is 0. The van der Waals surface area contributed by atoms with Gasteiger partial charge in [0.15, 0.2) is 0 Å². The first-order valence-corrected chi connectivity index (χ1v) is 9.30. The Morgan fingerprint density at radius 3 is 2.63 bits per heavy atom. The number of ketones is 1. The van der Waals surface area contributed by atoms with E-state index in [0.717, 1.165) is 11.1 Å². The summed E-state index contributed by atoms with van der Waals surface area (Å²) >= 11 is 0. The molecule has 30 heavy (non-hydrogen) atoms. The summed E-state index contributed by atoms with van der Waals surface area (Å²) in [6.45, 7) is 2.75. The third kappa shape index (κ3) is 4.91. The molecule has 0 atom stereocenters. The number of carbonyl (C=O) groups is 1. The van der Waals surface area contributed by atoms with Gasteiger partial charge in [0, 0.05) is 30.4 Å². The van der Waals surface area contributed by atoms with E-state index < -0.39 is 4.92 Å². The lowest BCUT2D eigenvalue weighted by Gasteiger charge is -2.11. The summed E-state index contributed by atoms with van der Waals surface area (Å²) in [6.07, 6.45) is 4.84. The molecule has 1 aromatic heterocycles. The fourth-order valence-electron chi connectivity index (χ4n) is 2.89. The predicted octanol–water partition coefficient (Wildman–Crippen LogP) is 4.29. The van der Waals surface area contributed by atoms with Crippen molar-refractivity contribution in [3.63, 3.8) is 0 Å². The van der Waals surface area contributed by atoms with E-state index in [1.165, 1.54) is 18.2 Å². The number of allylic oxidation sites excluding steroid dienone is 1. The summed E-state index contributed by atoms with van der Waals surface area (Å²) in [4.78, 5) is 22.7. The Balaban J connectivity index is 1.73. The molecule has 0 bridgehead atoms. The average molecular weight is 407 g/mol. The summed E-state index contributed by atoms with van der Waals surface area (Å²) in [6, 6.07) is 13.1. The summed E-state index contributed by atoms with van der Waals surface area (Å²) < 4.78 is 12.8. The van der Waals surface area contributed by atoms with Crippen molar-refractivity contribution < 1.29 is 19.2 Å². The molecule has 0 saturated carbocycles. The maximum Gasteiger partial charge on any atom is 0.269 e. The maximum absolute atomic E-state index is 12.4. The number of ether oxygens (including phenoxy) is 2. The molecule has 0 aliphatic rings. The molecule has 3 rings (SSSR count). The molecule has 0 saturated heterocycles. The maximum atomic E-state index is 12.4. The number of nitrogens with zero attached hydrogens (tertiary/aromatic N) is 3. The molecule has 0 aliphatic carbocycles. The number of benzene rings is 2. The Kier molecular flexibility index (Phi) is 6.59. The Morgan fingerprint density at radius 2 is 1.97 bits per heavy atom. The Morgan fingerprint density at radius 1 is 1.20 bits per heavy atom. The van der Waals surface area contributed by atoms with Gasteiger partial charge in [-0.05, 0) is 48.9 Å². The Bertz CT molecular complexity index is 1070. The second-order valence-electron chi connectivity index (χ2n) is 6.34. The largest absolute Gasteiger partial charge is 0.496 e. The topological polar surface area (TPSA) is 96.5 Å². The number of hydrogen-bond acceptors (Lipinski definition) is 6. The number of aryl methyl sites for hydroxylation is 1. The molecular formula is C22H21N3O5. The molecule has 0 N–H and O–H groups in total. The zero-order valence-electron chi connectivity index (χ0n) is 16.6.